The summed E-state index contributed by atoms with van der Waals surface area (Å²) in [4.78, 5) is 1.08. The molecule has 0 aliphatic rings. The standard InChI is InChI=1S/C9H9BrN2OS/c10-9-2-1-8(14-9)7-5-6(3-4-11)12-13-7/h1-2,5H,3-4,11H2. The van der Waals surface area contributed by atoms with Gasteiger partial charge in [0, 0.05) is 12.5 Å². The highest BCUT2D eigenvalue weighted by atomic mass is 79.9. The Morgan fingerprint density at radius 2 is 2.36 bits per heavy atom. The molecule has 0 aromatic carbocycles. The van der Waals surface area contributed by atoms with Gasteiger partial charge < -0.3 is 10.3 Å². The van der Waals surface area contributed by atoms with E-state index in [0.29, 0.717) is 6.54 Å². The van der Waals surface area contributed by atoms with Crippen LogP contribution in [0.25, 0.3) is 10.6 Å². The molecule has 0 saturated carbocycles. The minimum atomic E-state index is 0.597. The van der Waals surface area contributed by atoms with Crippen LogP contribution in [0.3, 0.4) is 0 Å². The minimum absolute atomic E-state index is 0.597. The number of hydrogen-bond acceptors (Lipinski definition) is 4. The lowest BCUT2D eigenvalue weighted by atomic mass is 10.3. The average Bonchev–Trinajstić information content (AvgIpc) is 2.74. The third-order valence-corrected chi connectivity index (χ3v) is 3.41. The second-order valence-corrected chi connectivity index (χ2v) is 5.29. The maximum Gasteiger partial charge on any atom is 0.177 e. The number of aromatic nitrogens is 1. The van der Waals surface area contributed by atoms with E-state index in [-0.39, 0.29) is 0 Å². The molecule has 0 aliphatic heterocycles. The van der Waals surface area contributed by atoms with Crippen LogP contribution in [0, 0.1) is 0 Å². The number of hydrogen-bond donors (Lipinski definition) is 1. The van der Waals surface area contributed by atoms with Crippen LogP contribution in [0.2, 0.25) is 0 Å². The zero-order valence-corrected chi connectivity index (χ0v) is 9.77. The van der Waals surface area contributed by atoms with Crippen molar-refractivity contribution in [2.45, 2.75) is 6.42 Å². The van der Waals surface area contributed by atoms with Gasteiger partial charge in [-0.05, 0) is 34.6 Å². The topological polar surface area (TPSA) is 52.0 Å². The van der Waals surface area contributed by atoms with Crippen molar-refractivity contribution in [1.82, 2.24) is 5.16 Å². The minimum Gasteiger partial charge on any atom is -0.355 e. The van der Waals surface area contributed by atoms with Crippen molar-refractivity contribution in [2.75, 3.05) is 6.54 Å². The van der Waals surface area contributed by atoms with Crippen molar-refractivity contribution in [3.05, 3.63) is 27.7 Å². The summed E-state index contributed by atoms with van der Waals surface area (Å²) in [6.45, 7) is 0.597. The van der Waals surface area contributed by atoms with Crippen molar-refractivity contribution in [3.63, 3.8) is 0 Å². The van der Waals surface area contributed by atoms with Crippen LogP contribution in [0.15, 0.2) is 26.5 Å². The molecule has 0 saturated heterocycles. The quantitative estimate of drug-likeness (QED) is 0.935. The molecule has 2 heterocycles. The first-order valence-corrected chi connectivity index (χ1v) is 5.82. The van der Waals surface area contributed by atoms with Crippen molar-refractivity contribution < 1.29 is 4.52 Å². The summed E-state index contributed by atoms with van der Waals surface area (Å²) in [6.07, 6.45) is 0.760. The van der Waals surface area contributed by atoms with Gasteiger partial charge in [-0.15, -0.1) is 11.3 Å². The second-order valence-electron chi connectivity index (χ2n) is 2.82. The highest BCUT2D eigenvalue weighted by molar-refractivity contribution is 9.11. The fraction of sp³-hybridized carbons (Fsp3) is 0.222. The van der Waals surface area contributed by atoms with Gasteiger partial charge in [0.05, 0.1) is 14.4 Å². The van der Waals surface area contributed by atoms with Crippen LogP contribution in [0.1, 0.15) is 5.69 Å². The fourth-order valence-electron chi connectivity index (χ4n) is 1.14. The van der Waals surface area contributed by atoms with Gasteiger partial charge in [0.2, 0.25) is 0 Å². The fourth-order valence-corrected chi connectivity index (χ4v) is 2.47. The Balaban J connectivity index is 2.24. The molecule has 0 unspecified atom stereocenters. The van der Waals surface area contributed by atoms with E-state index in [4.69, 9.17) is 10.3 Å². The molecule has 0 radical (unpaired) electrons. The lowest BCUT2D eigenvalue weighted by molar-refractivity contribution is 0.424. The van der Waals surface area contributed by atoms with Crippen LogP contribution < -0.4 is 5.73 Å². The van der Waals surface area contributed by atoms with E-state index >= 15 is 0 Å². The second kappa shape index (κ2) is 4.25. The number of nitrogens with zero attached hydrogens (tertiary/aromatic N) is 1. The third kappa shape index (κ3) is 2.05. The molecule has 5 heteroatoms. The Bertz CT molecular complexity index is 424. The van der Waals surface area contributed by atoms with Crippen LogP contribution in [-0.4, -0.2) is 11.7 Å². The average molecular weight is 273 g/mol. The molecule has 0 amide bonds. The van der Waals surface area contributed by atoms with Gasteiger partial charge >= 0.3 is 0 Å². The molecule has 74 valence electrons. The maximum atomic E-state index is 5.43. The van der Waals surface area contributed by atoms with Gasteiger partial charge in [-0.1, -0.05) is 5.16 Å². The summed E-state index contributed by atoms with van der Waals surface area (Å²) < 4.78 is 6.29. The van der Waals surface area contributed by atoms with Crippen LogP contribution in [0.4, 0.5) is 0 Å². The molecule has 3 nitrogen and oxygen atoms in total. The van der Waals surface area contributed by atoms with Crippen LogP contribution >= 0.6 is 27.3 Å². The summed E-state index contributed by atoms with van der Waals surface area (Å²) in [7, 11) is 0. The zero-order chi connectivity index (χ0) is 9.97. The first kappa shape index (κ1) is 9.89. The SMILES string of the molecule is NCCc1cc(-c2ccc(Br)s2)on1. The molecule has 0 spiro atoms. The molecular weight excluding hydrogens is 264 g/mol. The molecule has 0 aliphatic carbocycles. The molecule has 2 aromatic rings. The van der Waals surface area contributed by atoms with Crippen molar-refractivity contribution in [2.24, 2.45) is 5.73 Å². The molecular formula is C9H9BrN2OS. The molecule has 2 N–H and O–H groups in total. The monoisotopic (exact) mass is 272 g/mol. The number of halogens is 1. The molecule has 14 heavy (non-hydrogen) atoms. The Kier molecular flexibility index (Phi) is 3.00. The van der Waals surface area contributed by atoms with Gasteiger partial charge in [-0.2, -0.15) is 0 Å². The predicted octanol–water partition coefficient (Wildman–Crippen LogP) is 2.67. The molecule has 0 fully saturated rings. The number of nitrogens with two attached hydrogens (primary N) is 1. The third-order valence-electron chi connectivity index (χ3n) is 1.78. The van der Waals surface area contributed by atoms with Gasteiger partial charge in [-0.3, -0.25) is 0 Å². The number of thiophene rings is 1. The van der Waals surface area contributed by atoms with E-state index in [9.17, 15) is 0 Å². The Hall–Kier alpha value is -0.650. The van der Waals surface area contributed by atoms with Crippen LogP contribution in [-0.2, 0) is 6.42 Å². The van der Waals surface area contributed by atoms with Crippen molar-refractivity contribution >= 4 is 27.3 Å². The largest absolute Gasteiger partial charge is 0.355 e. The van der Waals surface area contributed by atoms with Gasteiger partial charge in [-0.25, -0.2) is 0 Å². The van der Waals surface area contributed by atoms with Crippen molar-refractivity contribution in [1.29, 1.82) is 0 Å². The molecule has 2 aromatic heterocycles. The normalized spacial score (nSPS) is 10.7. The summed E-state index contributed by atoms with van der Waals surface area (Å²) in [5, 5.41) is 3.93. The van der Waals surface area contributed by atoms with Gasteiger partial charge in [0.1, 0.15) is 0 Å². The van der Waals surface area contributed by atoms with Gasteiger partial charge in [0.25, 0.3) is 0 Å². The molecule has 2 rings (SSSR count). The highest BCUT2D eigenvalue weighted by Gasteiger charge is 2.07. The Morgan fingerprint density at radius 1 is 1.50 bits per heavy atom. The molecule has 0 atom stereocenters. The highest BCUT2D eigenvalue weighted by Crippen LogP contribution is 2.31. The Morgan fingerprint density at radius 3 is 3.00 bits per heavy atom. The smallest absolute Gasteiger partial charge is 0.177 e. The first-order valence-electron chi connectivity index (χ1n) is 4.21. The summed E-state index contributed by atoms with van der Waals surface area (Å²) >= 11 is 5.03. The number of rotatable bonds is 3. The molecule has 0 bridgehead atoms. The van der Waals surface area contributed by atoms with E-state index < -0.39 is 0 Å². The predicted molar refractivity (Wildman–Crippen MR) is 60.3 cm³/mol. The van der Waals surface area contributed by atoms with E-state index in [0.717, 1.165) is 26.5 Å². The first-order chi connectivity index (χ1) is 6.79. The zero-order valence-electron chi connectivity index (χ0n) is 7.37. The van der Waals surface area contributed by atoms with E-state index in [1.807, 2.05) is 18.2 Å². The summed E-state index contributed by atoms with van der Waals surface area (Å²) in [5.74, 6) is 0.809. The lowest BCUT2D eigenvalue weighted by Crippen LogP contribution is -2.02. The van der Waals surface area contributed by atoms with Crippen molar-refractivity contribution in [3.8, 4) is 10.6 Å². The van der Waals surface area contributed by atoms with Crippen LogP contribution in [0.5, 0.6) is 0 Å². The van der Waals surface area contributed by atoms with Gasteiger partial charge in [0.15, 0.2) is 5.76 Å². The van der Waals surface area contributed by atoms with E-state index in [1.165, 1.54) is 0 Å². The lowest BCUT2D eigenvalue weighted by Gasteiger charge is -1.85. The Labute approximate surface area is 94.0 Å². The van der Waals surface area contributed by atoms with E-state index in [2.05, 4.69) is 21.1 Å². The van der Waals surface area contributed by atoms with E-state index in [1.54, 1.807) is 11.3 Å². The summed E-state index contributed by atoms with van der Waals surface area (Å²) in [5.41, 5.74) is 6.34. The maximum absolute atomic E-state index is 5.43. The summed E-state index contributed by atoms with van der Waals surface area (Å²) in [6, 6.07) is 5.93.